The predicted molar refractivity (Wildman–Crippen MR) is 107 cm³/mol. The molecule has 0 unspecified atom stereocenters. The molecule has 3 rings (SSSR count). The molecule has 6 nitrogen and oxygen atoms in total. The molecule has 1 saturated carbocycles. The zero-order valence-electron chi connectivity index (χ0n) is 16.0. The lowest BCUT2D eigenvalue weighted by Crippen LogP contribution is -2.17. The summed E-state index contributed by atoms with van der Waals surface area (Å²) in [7, 11) is 4.17. The van der Waals surface area contributed by atoms with Gasteiger partial charge in [-0.1, -0.05) is 0 Å². The second-order valence-corrected chi connectivity index (χ2v) is 6.94. The molecular formula is C20H29N5O. The summed E-state index contributed by atoms with van der Waals surface area (Å²) in [5.74, 6) is 3.01. The van der Waals surface area contributed by atoms with E-state index in [2.05, 4.69) is 40.7 Å². The van der Waals surface area contributed by atoms with Gasteiger partial charge < -0.3 is 20.3 Å². The van der Waals surface area contributed by atoms with E-state index in [4.69, 9.17) is 9.72 Å². The Labute approximate surface area is 156 Å². The fourth-order valence-corrected chi connectivity index (χ4v) is 2.74. The van der Waals surface area contributed by atoms with Crippen LogP contribution in [0.3, 0.4) is 0 Å². The summed E-state index contributed by atoms with van der Waals surface area (Å²) in [5, 5.41) is 6.76. The maximum atomic E-state index is 5.49. The van der Waals surface area contributed by atoms with Crippen molar-refractivity contribution in [2.45, 2.75) is 32.1 Å². The number of ether oxygens (including phenoxy) is 1. The summed E-state index contributed by atoms with van der Waals surface area (Å²) in [4.78, 5) is 11.5. The lowest BCUT2D eigenvalue weighted by atomic mass is 10.2. The first kappa shape index (κ1) is 18.5. The number of aromatic nitrogens is 2. The van der Waals surface area contributed by atoms with E-state index in [1.54, 1.807) is 0 Å². The molecule has 1 aliphatic carbocycles. The highest BCUT2D eigenvalue weighted by Gasteiger charge is 2.26. The van der Waals surface area contributed by atoms with Crippen LogP contribution in [-0.4, -0.2) is 48.7 Å². The molecular weight excluding hydrogens is 326 g/mol. The quantitative estimate of drug-likeness (QED) is 0.631. The van der Waals surface area contributed by atoms with Gasteiger partial charge in [0, 0.05) is 24.2 Å². The van der Waals surface area contributed by atoms with Crippen LogP contribution in [0.5, 0.6) is 5.75 Å². The van der Waals surface area contributed by atoms with Crippen molar-refractivity contribution in [1.29, 1.82) is 0 Å². The van der Waals surface area contributed by atoms with Crippen LogP contribution < -0.4 is 15.4 Å². The number of hydrogen-bond donors (Lipinski definition) is 2. The summed E-state index contributed by atoms with van der Waals surface area (Å²) in [6.07, 6.45) is 3.50. The van der Waals surface area contributed by atoms with Crippen molar-refractivity contribution in [2.75, 3.05) is 44.4 Å². The highest BCUT2D eigenvalue weighted by molar-refractivity contribution is 5.59. The molecule has 140 valence electrons. The smallest absolute Gasteiger partial charge is 0.224 e. The minimum atomic E-state index is 0.584. The topological polar surface area (TPSA) is 62.3 Å². The first-order valence-corrected chi connectivity index (χ1v) is 9.41. The van der Waals surface area contributed by atoms with Crippen molar-refractivity contribution in [1.82, 2.24) is 14.9 Å². The Morgan fingerprint density at radius 3 is 2.58 bits per heavy atom. The van der Waals surface area contributed by atoms with Crippen LogP contribution in [-0.2, 0) is 0 Å². The standard InChI is InChI=1S/C20H29N5O/c1-4-26-17-10-8-16(9-11-17)22-19-14-18(15-6-7-15)23-20(24-19)21-12-5-13-25(2)3/h8-11,14-15H,4-7,12-13H2,1-3H3,(H2,21,22,23,24). The monoisotopic (exact) mass is 355 g/mol. The van der Waals surface area contributed by atoms with Gasteiger partial charge in [-0.3, -0.25) is 0 Å². The van der Waals surface area contributed by atoms with Crippen molar-refractivity contribution >= 4 is 17.5 Å². The molecule has 1 aromatic heterocycles. The maximum absolute atomic E-state index is 5.49. The Morgan fingerprint density at radius 1 is 1.15 bits per heavy atom. The second kappa shape index (κ2) is 8.85. The molecule has 0 saturated heterocycles. The van der Waals surface area contributed by atoms with E-state index < -0.39 is 0 Å². The summed E-state index contributed by atoms with van der Waals surface area (Å²) >= 11 is 0. The van der Waals surface area contributed by atoms with E-state index in [0.29, 0.717) is 18.5 Å². The third-order valence-corrected chi connectivity index (χ3v) is 4.24. The molecule has 1 heterocycles. The maximum Gasteiger partial charge on any atom is 0.224 e. The molecule has 26 heavy (non-hydrogen) atoms. The van der Waals surface area contributed by atoms with E-state index in [9.17, 15) is 0 Å². The highest BCUT2D eigenvalue weighted by Crippen LogP contribution is 2.40. The van der Waals surface area contributed by atoms with E-state index in [1.807, 2.05) is 31.2 Å². The molecule has 1 aromatic carbocycles. The normalized spacial score (nSPS) is 13.7. The van der Waals surface area contributed by atoms with Crippen LogP contribution in [0.4, 0.5) is 17.5 Å². The van der Waals surface area contributed by atoms with Gasteiger partial charge in [-0.2, -0.15) is 4.98 Å². The number of anilines is 3. The number of rotatable bonds is 10. The molecule has 2 aromatic rings. The summed E-state index contributed by atoms with van der Waals surface area (Å²) in [6, 6.07) is 10.0. The van der Waals surface area contributed by atoms with Crippen molar-refractivity contribution in [3.05, 3.63) is 36.0 Å². The number of benzene rings is 1. The van der Waals surface area contributed by atoms with Gasteiger partial charge in [-0.05, 0) is 71.1 Å². The number of hydrogen-bond acceptors (Lipinski definition) is 6. The van der Waals surface area contributed by atoms with E-state index in [-0.39, 0.29) is 0 Å². The van der Waals surface area contributed by atoms with Crippen LogP contribution in [0.15, 0.2) is 30.3 Å². The Kier molecular flexibility index (Phi) is 6.28. The van der Waals surface area contributed by atoms with Crippen LogP contribution >= 0.6 is 0 Å². The molecule has 1 fully saturated rings. The molecule has 0 radical (unpaired) electrons. The van der Waals surface area contributed by atoms with Crippen molar-refractivity contribution < 1.29 is 4.74 Å². The SMILES string of the molecule is CCOc1ccc(Nc2cc(C3CC3)nc(NCCCN(C)C)n2)cc1. The van der Waals surface area contributed by atoms with Gasteiger partial charge >= 0.3 is 0 Å². The highest BCUT2D eigenvalue weighted by atomic mass is 16.5. The van der Waals surface area contributed by atoms with Crippen LogP contribution in [0, 0.1) is 0 Å². The predicted octanol–water partition coefficient (Wildman–Crippen LogP) is 3.86. The molecule has 6 heteroatoms. The Hall–Kier alpha value is -2.34. The third kappa shape index (κ3) is 5.59. The Bertz CT molecular complexity index is 698. The van der Waals surface area contributed by atoms with Crippen molar-refractivity contribution in [2.24, 2.45) is 0 Å². The molecule has 0 bridgehead atoms. The third-order valence-electron chi connectivity index (χ3n) is 4.24. The zero-order chi connectivity index (χ0) is 18.4. The van der Waals surface area contributed by atoms with Crippen molar-refractivity contribution in [3.63, 3.8) is 0 Å². The molecule has 0 atom stereocenters. The minimum absolute atomic E-state index is 0.584. The minimum Gasteiger partial charge on any atom is -0.494 e. The molecule has 0 amide bonds. The second-order valence-electron chi connectivity index (χ2n) is 6.94. The van der Waals surface area contributed by atoms with Crippen LogP contribution in [0.25, 0.3) is 0 Å². The first-order chi connectivity index (χ1) is 12.6. The molecule has 2 N–H and O–H groups in total. The summed E-state index contributed by atoms with van der Waals surface area (Å²) in [6.45, 7) is 4.58. The van der Waals surface area contributed by atoms with Crippen molar-refractivity contribution in [3.8, 4) is 5.75 Å². The number of nitrogens with one attached hydrogen (secondary N) is 2. The fourth-order valence-electron chi connectivity index (χ4n) is 2.74. The number of nitrogens with zero attached hydrogens (tertiary/aromatic N) is 3. The largest absolute Gasteiger partial charge is 0.494 e. The lowest BCUT2D eigenvalue weighted by molar-refractivity contribution is 0.340. The Morgan fingerprint density at radius 2 is 1.92 bits per heavy atom. The van der Waals surface area contributed by atoms with Gasteiger partial charge in [-0.15, -0.1) is 0 Å². The van der Waals surface area contributed by atoms with Crippen LogP contribution in [0.2, 0.25) is 0 Å². The van der Waals surface area contributed by atoms with Crippen LogP contribution in [0.1, 0.15) is 37.8 Å². The van der Waals surface area contributed by atoms with Gasteiger partial charge in [0.25, 0.3) is 0 Å². The zero-order valence-corrected chi connectivity index (χ0v) is 16.0. The van der Waals surface area contributed by atoms with Gasteiger partial charge in [0.2, 0.25) is 5.95 Å². The van der Waals surface area contributed by atoms with Gasteiger partial charge in [0.15, 0.2) is 0 Å². The Balaban J connectivity index is 1.67. The van der Waals surface area contributed by atoms with E-state index >= 15 is 0 Å². The molecule has 1 aliphatic rings. The van der Waals surface area contributed by atoms with Gasteiger partial charge in [-0.25, -0.2) is 4.98 Å². The van der Waals surface area contributed by atoms with E-state index in [1.165, 1.54) is 12.8 Å². The first-order valence-electron chi connectivity index (χ1n) is 9.41. The fraction of sp³-hybridized carbons (Fsp3) is 0.500. The summed E-state index contributed by atoms with van der Waals surface area (Å²) in [5.41, 5.74) is 2.12. The molecule has 0 spiro atoms. The van der Waals surface area contributed by atoms with Gasteiger partial charge in [0.05, 0.1) is 12.3 Å². The van der Waals surface area contributed by atoms with E-state index in [0.717, 1.165) is 42.5 Å². The lowest BCUT2D eigenvalue weighted by Gasteiger charge is -2.13. The average Bonchev–Trinajstić information content (AvgIpc) is 3.46. The molecule has 0 aliphatic heterocycles. The average molecular weight is 355 g/mol. The summed E-state index contributed by atoms with van der Waals surface area (Å²) < 4.78 is 5.49. The van der Waals surface area contributed by atoms with Gasteiger partial charge in [0.1, 0.15) is 11.6 Å².